The number of amides is 1. The number of hydrogen-bond acceptors (Lipinski definition) is 5. The number of aromatic amines is 1. The van der Waals surface area contributed by atoms with Crippen molar-refractivity contribution >= 4 is 44.2 Å². The third kappa shape index (κ3) is 2.96. The molecule has 6 nitrogen and oxygen atoms in total. The standard InChI is InChI=1S/C23H25N5OS/c1-4-16-12-27(22-18-9-10-24-21(18)25-13-26-22)11-14(2)28(16)23(29)20-15(3)17-7-5-6-8-19(17)30-20/h5-10,13-14,16H,4,11-12H2,1-3H3,(H,24,25,26)/t14-,16-/m0/s1. The molecule has 1 aliphatic heterocycles. The van der Waals surface area contributed by atoms with Gasteiger partial charge in [-0.1, -0.05) is 25.1 Å². The maximum absolute atomic E-state index is 13.7. The van der Waals surface area contributed by atoms with E-state index in [1.54, 1.807) is 17.7 Å². The van der Waals surface area contributed by atoms with E-state index in [-0.39, 0.29) is 18.0 Å². The Balaban J connectivity index is 1.47. The van der Waals surface area contributed by atoms with Gasteiger partial charge in [-0.15, -0.1) is 11.3 Å². The molecule has 1 aliphatic rings. The van der Waals surface area contributed by atoms with Crippen molar-refractivity contribution in [1.82, 2.24) is 19.9 Å². The number of carbonyl (C=O) groups is 1. The van der Waals surface area contributed by atoms with Gasteiger partial charge in [-0.05, 0) is 43.4 Å². The Morgan fingerprint density at radius 1 is 1.20 bits per heavy atom. The molecule has 1 saturated heterocycles. The largest absolute Gasteiger partial charge is 0.352 e. The molecular formula is C23H25N5OS. The van der Waals surface area contributed by atoms with E-state index >= 15 is 0 Å². The maximum atomic E-state index is 13.7. The van der Waals surface area contributed by atoms with Crippen molar-refractivity contribution < 1.29 is 4.79 Å². The number of anilines is 1. The highest BCUT2D eigenvalue weighted by molar-refractivity contribution is 7.21. The Labute approximate surface area is 179 Å². The molecule has 0 spiro atoms. The van der Waals surface area contributed by atoms with Crippen molar-refractivity contribution in [2.75, 3.05) is 18.0 Å². The first-order chi connectivity index (χ1) is 14.6. The van der Waals surface area contributed by atoms with Crippen LogP contribution in [0.1, 0.15) is 35.5 Å². The fourth-order valence-electron chi connectivity index (χ4n) is 4.65. The molecule has 5 rings (SSSR count). The van der Waals surface area contributed by atoms with Crippen LogP contribution in [0.15, 0.2) is 42.9 Å². The molecule has 1 amide bonds. The fourth-order valence-corrected chi connectivity index (χ4v) is 5.81. The van der Waals surface area contributed by atoms with Crippen LogP contribution < -0.4 is 4.90 Å². The topological polar surface area (TPSA) is 65.1 Å². The minimum absolute atomic E-state index is 0.0877. The normalized spacial score (nSPS) is 19.7. The van der Waals surface area contributed by atoms with Gasteiger partial charge in [0.25, 0.3) is 5.91 Å². The summed E-state index contributed by atoms with van der Waals surface area (Å²) in [7, 11) is 0. The summed E-state index contributed by atoms with van der Waals surface area (Å²) in [6, 6.07) is 10.5. The fraction of sp³-hybridized carbons (Fsp3) is 0.348. The van der Waals surface area contributed by atoms with E-state index in [0.717, 1.165) is 46.8 Å². The summed E-state index contributed by atoms with van der Waals surface area (Å²) < 4.78 is 1.17. The Morgan fingerprint density at radius 2 is 2.03 bits per heavy atom. The van der Waals surface area contributed by atoms with Gasteiger partial charge in [-0.3, -0.25) is 4.79 Å². The Kier molecular flexibility index (Phi) is 4.70. The van der Waals surface area contributed by atoms with E-state index in [9.17, 15) is 4.79 Å². The molecule has 30 heavy (non-hydrogen) atoms. The molecule has 1 aromatic carbocycles. The summed E-state index contributed by atoms with van der Waals surface area (Å²) in [5, 5.41) is 2.21. The Morgan fingerprint density at radius 3 is 2.83 bits per heavy atom. The van der Waals surface area contributed by atoms with Crippen LogP contribution in [0.3, 0.4) is 0 Å². The molecule has 4 heterocycles. The van der Waals surface area contributed by atoms with Crippen LogP contribution in [-0.2, 0) is 0 Å². The number of aromatic nitrogens is 3. The molecule has 0 unspecified atom stereocenters. The van der Waals surface area contributed by atoms with Gasteiger partial charge in [0.05, 0.1) is 10.3 Å². The van der Waals surface area contributed by atoms with Gasteiger partial charge in [-0.2, -0.15) is 0 Å². The van der Waals surface area contributed by atoms with E-state index in [1.165, 1.54) is 10.1 Å². The zero-order valence-corrected chi connectivity index (χ0v) is 18.2. The number of H-pyrrole nitrogens is 1. The molecule has 2 atom stereocenters. The van der Waals surface area contributed by atoms with Crippen molar-refractivity contribution in [2.45, 2.75) is 39.3 Å². The average Bonchev–Trinajstić information content (AvgIpc) is 3.37. The summed E-state index contributed by atoms with van der Waals surface area (Å²) in [5.74, 6) is 1.10. The van der Waals surface area contributed by atoms with Crippen LogP contribution in [0.25, 0.3) is 21.1 Å². The number of thiophene rings is 1. The highest BCUT2D eigenvalue weighted by atomic mass is 32.1. The summed E-state index contributed by atoms with van der Waals surface area (Å²) in [6.45, 7) is 7.89. The minimum Gasteiger partial charge on any atom is -0.352 e. The van der Waals surface area contributed by atoms with Crippen LogP contribution in [0.2, 0.25) is 0 Å². The van der Waals surface area contributed by atoms with E-state index in [1.807, 2.05) is 24.4 Å². The molecule has 0 bridgehead atoms. The highest BCUT2D eigenvalue weighted by Gasteiger charge is 2.37. The maximum Gasteiger partial charge on any atom is 0.264 e. The highest BCUT2D eigenvalue weighted by Crippen LogP contribution is 2.34. The van der Waals surface area contributed by atoms with Crippen molar-refractivity contribution in [2.24, 2.45) is 0 Å². The first-order valence-corrected chi connectivity index (χ1v) is 11.2. The zero-order chi connectivity index (χ0) is 20.8. The van der Waals surface area contributed by atoms with Gasteiger partial charge in [-0.25, -0.2) is 9.97 Å². The smallest absolute Gasteiger partial charge is 0.264 e. The molecule has 1 fully saturated rings. The van der Waals surface area contributed by atoms with Crippen molar-refractivity contribution in [1.29, 1.82) is 0 Å². The minimum atomic E-state index is 0.0877. The summed E-state index contributed by atoms with van der Waals surface area (Å²) in [5.41, 5.74) is 1.94. The monoisotopic (exact) mass is 419 g/mol. The van der Waals surface area contributed by atoms with Crippen LogP contribution in [0, 0.1) is 6.92 Å². The Hall–Kier alpha value is -2.93. The number of hydrogen-bond donors (Lipinski definition) is 1. The number of fused-ring (bicyclic) bond motifs is 2. The molecule has 1 N–H and O–H groups in total. The molecule has 154 valence electrons. The van der Waals surface area contributed by atoms with Gasteiger partial charge in [0.2, 0.25) is 0 Å². The quantitative estimate of drug-likeness (QED) is 0.527. The Bertz CT molecular complexity index is 1230. The van der Waals surface area contributed by atoms with E-state index in [0.29, 0.717) is 0 Å². The number of rotatable bonds is 3. The number of aryl methyl sites for hydroxylation is 1. The lowest BCUT2D eigenvalue weighted by Gasteiger charge is -2.46. The second-order valence-corrected chi connectivity index (χ2v) is 9.07. The first kappa shape index (κ1) is 19.1. The van der Waals surface area contributed by atoms with E-state index in [2.05, 4.69) is 57.7 Å². The third-order valence-electron chi connectivity index (χ3n) is 6.16. The molecule has 7 heteroatoms. The zero-order valence-electron chi connectivity index (χ0n) is 17.4. The number of benzene rings is 1. The lowest BCUT2D eigenvalue weighted by atomic mass is 10.0. The number of carbonyl (C=O) groups excluding carboxylic acids is 1. The second kappa shape index (κ2) is 7.40. The number of nitrogens with one attached hydrogen (secondary N) is 1. The van der Waals surface area contributed by atoms with Gasteiger partial charge in [0, 0.05) is 36.1 Å². The molecule has 3 aromatic heterocycles. The molecule has 0 aliphatic carbocycles. The van der Waals surface area contributed by atoms with Crippen LogP contribution >= 0.6 is 11.3 Å². The van der Waals surface area contributed by atoms with Crippen molar-refractivity contribution in [3.05, 3.63) is 53.3 Å². The van der Waals surface area contributed by atoms with E-state index < -0.39 is 0 Å². The van der Waals surface area contributed by atoms with Gasteiger partial charge in [0.1, 0.15) is 17.8 Å². The predicted molar refractivity (Wildman–Crippen MR) is 122 cm³/mol. The lowest BCUT2D eigenvalue weighted by molar-refractivity contribution is 0.0548. The lowest BCUT2D eigenvalue weighted by Crippen LogP contribution is -2.59. The SMILES string of the molecule is CC[C@H]1CN(c2ncnc3[nH]ccc23)C[C@H](C)N1C(=O)c1sc2ccccc2c1C. The first-order valence-electron chi connectivity index (χ1n) is 10.4. The van der Waals surface area contributed by atoms with Crippen molar-refractivity contribution in [3.8, 4) is 0 Å². The summed E-state index contributed by atoms with van der Waals surface area (Å²) >= 11 is 1.61. The molecular weight excluding hydrogens is 394 g/mol. The van der Waals surface area contributed by atoms with Crippen LogP contribution in [0.5, 0.6) is 0 Å². The molecule has 0 saturated carbocycles. The average molecular weight is 420 g/mol. The van der Waals surface area contributed by atoms with E-state index in [4.69, 9.17) is 0 Å². The number of piperazine rings is 1. The summed E-state index contributed by atoms with van der Waals surface area (Å²) in [6.07, 6.45) is 4.41. The molecule has 4 aromatic rings. The van der Waals surface area contributed by atoms with Crippen molar-refractivity contribution in [3.63, 3.8) is 0 Å². The summed E-state index contributed by atoms with van der Waals surface area (Å²) in [4.78, 5) is 31.0. The number of nitrogens with zero attached hydrogens (tertiary/aromatic N) is 4. The van der Waals surface area contributed by atoms with Gasteiger partial charge in [0.15, 0.2) is 0 Å². The van der Waals surface area contributed by atoms with Crippen LogP contribution in [-0.4, -0.2) is 50.9 Å². The van der Waals surface area contributed by atoms with Gasteiger partial charge < -0.3 is 14.8 Å². The third-order valence-corrected chi connectivity index (χ3v) is 7.42. The van der Waals surface area contributed by atoms with Gasteiger partial charge >= 0.3 is 0 Å². The predicted octanol–water partition coefficient (Wildman–Crippen LogP) is 4.61. The second-order valence-electron chi connectivity index (χ2n) is 8.02. The molecule has 0 radical (unpaired) electrons. The van der Waals surface area contributed by atoms with Crippen LogP contribution in [0.4, 0.5) is 5.82 Å².